The first-order valence-electron chi connectivity index (χ1n) is 8.84. The third-order valence-electron chi connectivity index (χ3n) is 6.07. The number of halogens is 1. The molecule has 2 aromatic rings. The van der Waals surface area contributed by atoms with Gasteiger partial charge < -0.3 is 5.11 Å². The third kappa shape index (κ3) is 2.39. The van der Waals surface area contributed by atoms with Crippen LogP contribution >= 0.6 is 0 Å². The highest BCUT2D eigenvalue weighted by Gasteiger charge is 2.52. The van der Waals surface area contributed by atoms with Crippen LogP contribution in [0.2, 0.25) is 0 Å². The van der Waals surface area contributed by atoms with Crippen molar-refractivity contribution in [3.8, 4) is 5.69 Å². The van der Waals surface area contributed by atoms with Crippen molar-refractivity contribution in [3.63, 3.8) is 0 Å². The van der Waals surface area contributed by atoms with Crippen molar-refractivity contribution in [1.29, 1.82) is 0 Å². The summed E-state index contributed by atoms with van der Waals surface area (Å²) in [5.74, 6) is -0.252. The lowest BCUT2D eigenvalue weighted by atomic mass is 9.56. The maximum Gasteiger partial charge on any atom is 0.123 e. The van der Waals surface area contributed by atoms with Gasteiger partial charge in [-0.1, -0.05) is 18.6 Å². The molecule has 2 aliphatic carbocycles. The highest BCUT2D eigenvalue weighted by Crippen LogP contribution is 2.54. The van der Waals surface area contributed by atoms with Crippen LogP contribution in [0.25, 0.3) is 11.8 Å². The Hall–Kier alpha value is -2.20. The highest BCUT2D eigenvalue weighted by atomic mass is 19.1. The number of nitrogens with zero attached hydrogens (tertiary/aromatic N) is 2. The van der Waals surface area contributed by atoms with Crippen LogP contribution in [0.3, 0.4) is 0 Å². The largest absolute Gasteiger partial charge is 0.389 e. The van der Waals surface area contributed by atoms with Crippen molar-refractivity contribution < 1.29 is 9.50 Å². The summed E-state index contributed by atoms with van der Waals surface area (Å²) in [6, 6.07) is 6.38. The average Bonchev–Trinajstić information content (AvgIpc) is 2.97. The molecule has 0 spiro atoms. The third-order valence-corrected chi connectivity index (χ3v) is 6.07. The van der Waals surface area contributed by atoms with Crippen molar-refractivity contribution in [2.24, 2.45) is 5.41 Å². The van der Waals surface area contributed by atoms with E-state index in [1.165, 1.54) is 17.7 Å². The van der Waals surface area contributed by atoms with Crippen molar-refractivity contribution in [3.05, 3.63) is 65.8 Å². The van der Waals surface area contributed by atoms with E-state index in [9.17, 15) is 9.50 Å². The molecule has 4 heteroatoms. The Kier molecular flexibility index (Phi) is 3.69. The molecule has 0 saturated heterocycles. The molecule has 1 heterocycles. The number of aromatic nitrogens is 2. The highest BCUT2D eigenvalue weighted by molar-refractivity contribution is 5.62. The predicted molar refractivity (Wildman–Crippen MR) is 96.9 cm³/mol. The summed E-state index contributed by atoms with van der Waals surface area (Å²) < 4.78 is 15.1. The van der Waals surface area contributed by atoms with E-state index in [4.69, 9.17) is 0 Å². The average molecular weight is 338 g/mol. The van der Waals surface area contributed by atoms with Gasteiger partial charge in [-0.05, 0) is 68.0 Å². The fraction of sp³-hybridized carbons (Fsp3) is 0.381. The molecule has 2 aliphatic rings. The van der Waals surface area contributed by atoms with Crippen LogP contribution in [0.5, 0.6) is 0 Å². The van der Waals surface area contributed by atoms with Crippen LogP contribution in [0, 0.1) is 11.2 Å². The second-order valence-corrected chi connectivity index (χ2v) is 7.50. The fourth-order valence-electron chi connectivity index (χ4n) is 4.51. The molecule has 0 radical (unpaired) electrons. The number of rotatable bonds is 3. The molecular formula is C21H23FN2O. The van der Waals surface area contributed by atoms with Crippen molar-refractivity contribution in [2.75, 3.05) is 0 Å². The zero-order chi connectivity index (χ0) is 17.7. The Morgan fingerprint density at radius 2 is 2.12 bits per heavy atom. The van der Waals surface area contributed by atoms with Gasteiger partial charge in [-0.2, -0.15) is 5.10 Å². The predicted octanol–water partition coefficient (Wildman–Crippen LogP) is 4.45. The van der Waals surface area contributed by atoms with Crippen LogP contribution in [-0.2, 0) is 6.42 Å². The maximum atomic E-state index is 13.2. The van der Waals surface area contributed by atoms with Crippen molar-refractivity contribution in [2.45, 2.75) is 44.6 Å². The molecule has 0 unspecified atom stereocenters. The Balaban J connectivity index is 1.80. The Bertz CT molecular complexity index is 851. The molecule has 1 fully saturated rings. The van der Waals surface area contributed by atoms with E-state index < -0.39 is 5.60 Å². The zero-order valence-electron chi connectivity index (χ0n) is 14.5. The summed E-state index contributed by atoms with van der Waals surface area (Å²) in [5, 5.41) is 15.9. The van der Waals surface area contributed by atoms with Crippen LogP contribution in [0.15, 0.2) is 48.7 Å². The second-order valence-electron chi connectivity index (χ2n) is 7.50. The van der Waals surface area contributed by atoms with E-state index in [1.807, 2.05) is 17.0 Å². The van der Waals surface area contributed by atoms with Gasteiger partial charge in [-0.3, -0.25) is 0 Å². The minimum atomic E-state index is -0.755. The minimum absolute atomic E-state index is 0.252. The SMILES string of the molecule is C=CC[C@]1(O)CCCC2=Cc3c(cnn3-c3ccc(F)cc3)C[C@@]21C. The smallest absolute Gasteiger partial charge is 0.123 e. The molecular weight excluding hydrogens is 315 g/mol. The first-order valence-corrected chi connectivity index (χ1v) is 8.84. The Morgan fingerprint density at radius 1 is 1.36 bits per heavy atom. The molecule has 4 rings (SSSR count). The molecule has 0 bridgehead atoms. The molecule has 130 valence electrons. The van der Waals surface area contributed by atoms with Crippen LogP contribution < -0.4 is 0 Å². The summed E-state index contributed by atoms with van der Waals surface area (Å²) in [5.41, 5.74) is 3.25. The van der Waals surface area contributed by atoms with Gasteiger partial charge >= 0.3 is 0 Å². The lowest BCUT2D eigenvalue weighted by Crippen LogP contribution is -2.52. The molecule has 1 aromatic carbocycles. The van der Waals surface area contributed by atoms with Crippen LogP contribution in [-0.4, -0.2) is 20.5 Å². The minimum Gasteiger partial charge on any atom is -0.389 e. The molecule has 0 aliphatic heterocycles. The van der Waals surface area contributed by atoms with Gasteiger partial charge in [0.15, 0.2) is 0 Å². The molecule has 1 saturated carbocycles. The Labute approximate surface area is 147 Å². The zero-order valence-corrected chi connectivity index (χ0v) is 14.5. The quantitative estimate of drug-likeness (QED) is 0.840. The van der Waals surface area contributed by atoms with E-state index in [-0.39, 0.29) is 11.2 Å². The second kappa shape index (κ2) is 5.67. The maximum absolute atomic E-state index is 13.2. The lowest BCUT2D eigenvalue weighted by molar-refractivity contribution is -0.0758. The number of hydrogen-bond donors (Lipinski definition) is 1. The summed E-state index contributed by atoms with van der Waals surface area (Å²) in [6.45, 7) is 6.00. The number of aliphatic hydroxyl groups is 1. The van der Waals surface area contributed by atoms with Gasteiger partial charge in [0.2, 0.25) is 0 Å². The van der Waals surface area contributed by atoms with Gasteiger partial charge in [-0.15, -0.1) is 6.58 Å². The number of benzene rings is 1. The van der Waals surface area contributed by atoms with Gasteiger partial charge in [0.25, 0.3) is 0 Å². The van der Waals surface area contributed by atoms with Crippen LogP contribution in [0.1, 0.15) is 43.9 Å². The standard InChI is InChI=1S/C21H23FN2O/c1-3-10-21(25)11-4-5-16-12-19-15(13-20(16,21)2)14-23-24(19)18-8-6-17(22)7-9-18/h3,6-9,12,14,25H,1,4-5,10-11,13H2,2H3/t20-,21-/m0/s1. The summed E-state index contributed by atoms with van der Waals surface area (Å²) in [7, 11) is 0. The van der Waals surface area contributed by atoms with E-state index in [1.54, 1.807) is 12.1 Å². The fourth-order valence-corrected chi connectivity index (χ4v) is 4.51. The van der Waals surface area contributed by atoms with E-state index >= 15 is 0 Å². The number of fused-ring (bicyclic) bond motifs is 2. The van der Waals surface area contributed by atoms with Crippen molar-refractivity contribution in [1.82, 2.24) is 9.78 Å². The normalized spacial score (nSPS) is 28.0. The molecule has 1 N–H and O–H groups in total. The summed E-state index contributed by atoms with van der Waals surface area (Å²) >= 11 is 0. The van der Waals surface area contributed by atoms with E-state index in [0.717, 1.165) is 42.6 Å². The van der Waals surface area contributed by atoms with Crippen LogP contribution in [0.4, 0.5) is 4.39 Å². The van der Waals surface area contributed by atoms with Gasteiger partial charge in [0.1, 0.15) is 5.82 Å². The summed E-state index contributed by atoms with van der Waals surface area (Å²) in [4.78, 5) is 0. The lowest BCUT2D eigenvalue weighted by Gasteiger charge is -2.51. The summed E-state index contributed by atoms with van der Waals surface area (Å²) in [6.07, 6.45) is 10.0. The van der Waals surface area contributed by atoms with E-state index in [0.29, 0.717) is 6.42 Å². The van der Waals surface area contributed by atoms with E-state index in [2.05, 4.69) is 24.7 Å². The molecule has 25 heavy (non-hydrogen) atoms. The monoisotopic (exact) mass is 338 g/mol. The topological polar surface area (TPSA) is 38.1 Å². The first kappa shape index (κ1) is 16.3. The molecule has 0 amide bonds. The molecule has 3 nitrogen and oxygen atoms in total. The first-order chi connectivity index (χ1) is 12.0. The van der Waals surface area contributed by atoms with Crippen molar-refractivity contribution >= 4 is 6.08 Å². The molecule has 2 atom stereocenters. The van der Waals surface area contributed by atoms with Gasteiger partial charge in [0.05, 0.1) is 23.2 Å². The van der Waals surface area contributed by atoms with Gasteiger partial charge in [0, 0.05) is 5.41 Å². The Morgan fingerprint density at radius 3 is 2.84 bits per heavy atom. The van der Waals surface area contributed by atoms with Gasteiger partial charge in [-0.25, -0.2) is 9.07 Å². The molecule has 1 aromatic heterocycles. The number of hydrogen-bond acceptors (Lipinski definition) is 2.